The van der Waals surface area contributed by atoms with Gasteiger partial charge < -0.3 is 9.97 Å². The molecular weight excluding hydrogens is 176 g/mol. The molecular formula is C11H14N2O. The number of rotatable bonds is 3. The number of nitrogens with one attached hydrogen (secondary N) is 2. The Kier molecular flexibility index (Phi) is 2.39. The first-order valence-electron chi connectivity index (χ1n) is 5.01. The average Bonchev–Trinajstić information content (AvgIpc) is 2.55. The Balaban J connectivity index is 2.47. The summed E-state index contributed by atoms with van der Waals surface area (Å²) < 4.78 is 0. The molecule has 0 atom stereocenters. The second kappa shape index (κ2) is 3.70. The first-order valence-corrected chi connectivity index (χ1v) is 5.01. The summed E-state index contributed by atoms with van der Waals surface area (Å²) in [6, 6.07) is 5.97. The van der Waals surface area contributed by atoms with Gasteiger partial charge in [0.15, 0.2) is 0 Å². The van der Waals surface area contributed by atoms with Crippen LogP contribution in [0.15, 0.2) is 23.0 Å². The second-order valence-corrected chi connectivity index (χ2v) is 3.52. The van der Waals surface area contributed by atoms with Gasteiger partial charge in [0, 0.05) is 0 Å². The molecule has 2 aromatic rings. The Labute approximate surface area is 82.2 Å². The Morgan fingerprint density at radius 1 is 1.29 bits per heavy atom. The van der Waals surface area contributed by atoms with Crippen molar-refractivity contribution in [3.05, 3.63) is 34.2 Å². The van der Waals surface area contributed by atoms with Gasteiger partial charge in [0.25, 0.3) is 0 Å². The number of hydrogen-bond donors (Lipinski definition) is 2. The number of benzene rings is 1. The molecule has 0 aliphatic rings. The third-order valence-corrected chi connectivity index (χ3v) is 2.44. The predicted octanol–water partition coefficient (Wildman–Crippen LogP) is 2.20. The summed E-state index contributed by atoms with van der Waals surface area (Å²) in [5, 5.41) is 0. The van der Waals surface area contributed by atoms with Crippen LogP contribution in [-0.4, -0.2) is 9.97 Å². The van der Waals surface area contributed by atoms with Crippen molar-refractivity contribution in [2.24, 2.45) is 0 Å². The van der Waals surface area contributed by atoms with E-state index < -0.39 is 0 Å². The lowest BCUT2D eigenvalue weighted by Crippen LogP contribution is -1.99. The molecule has 0 aliphatic heterocycles. The molecule has 0 unspecified atom stereocenters. The minimum absolute atomic E-state index is 0.121. The van der Waals surface area contributed by atoms with Crippen molar-refractivity contribution < 1.29 is 0 Å². The van der Waals surface area contributed by atoms with Crippen LogP contribution in [0.4, 0.5) is 0 Å². The fourth-order valence-corrected chi connectivity index (χ4v) is 1.69. The maximum Gasteiger partial charge on any atom is 0.323 e. The number of fused-ring (bicyclic) bond motifs is 1. The van der Waals surface area contributed by atoms with Crippen LogP contribution in [0, 0.1) is 0 Å². The highest BCUT2D eigenvalue weighted by molar-refractivity contribution is 5.78. The van der Waals surface area contributed by atoms with E-state index in [1.165, 1.54) is 12.0 Å². The zero-order valence-electron chi connectivity index (χ0n) is 8.26. The molecule has 0 radical (unpaired) electrons. The molecule has 0 amide bonds. The van der Waals surface area contributed by atoms with Crippen molar-refractivity contribution >= 4 is 11.0 Å². The van der Waals surface area contributed by atoms with E-state index in [0.717, 1.165) is 23.9 Å². The van der Waals surface area contributed by atoms with E-state index in [9.17, 15) is 4.79 Å². The number of unbranched alkanes of at least 4 members (excludes halogenated alkanes) is 1. The minimum atomic E-state index is -0.121. The van der Waals surface area contributed by atoms with Crippen LogP contribution in [0.3, 0.4) is 0 Å². The van der Waals surface area contributed by atoms with Crippen molar-refractivity contribution in [3.63, 3.8) is 0 Å². The number of hydrogen-bond acceptors (Lipinski definition) is 1. The van der Waals surface area contributed by atoms with E-state index in [2.05, 4.69) is 23.0 Å². The molecule has 0 spiro atoms. The standard InChI is InChI=1S/C11H14N2O/c1-2-3-5-8-6-4-7-9-10(8)13-11(14)12-9/h4,6-7H,2-3,5H2,1H3,(H2,12,13,14). The zero-order chi connectivity index (χ0) is 9.97. The number of H-pyrrole nitrogens is 2. The highest BCUT2D eigenvalue weighted by atomic mass is 16.1. The summed E-state index contributed by atoms with van der Waals surface area (Å²) in [5.41, 5.74) is 2.97. The molecule has 3 heteroatoms. The fraction of sp³-hybridized carbons (Fsp3) is 0.364. The largest absolute Gasteiger partial charge is 0.323 e. The van der Waals surface area contributed by atoms with Gasteiger partial charge in [-0.2, -0.15) is 0 Å². The second-order valence-electron chi connectivity index (χ2n) is 3.52. The maximum atomic E-state index is 11.1. The number of aromatic amines is 2. The molecule has 1 aromatic carbocycles. The summed E-state index contributed by atoms with van der Waals surface area (Å²) in [5.74, 6) is 0. The van der Waals surface area contributed by atoms with Crippen LogP contribution in [0.5, 0.6) is 0 Å². The summed E-state index contributed by atoms with van der Waals surface area (Å²) in [6.45, 7) is 2.17. The highest BCUT2D eigenvalue weighted by Crippen LogP contribution is 2.15. The molecule has 0 saturated carbocycles. The minimum Gasteiger partial charge on any atom is -0.306 e. The summed E-state index contributed by atoms with van der Waals surface area (Å²) in [7, 11) is 0. The Morgan fingerprint density at radius 3 is 2.93 bits per heavy atom. The fourth-order valence-electron chi connectivity index (χ4n) is 1.69. The van der Waals surface area contributed by atoms with Crippen molar-refractivity contribution in [1.29, 1.82) is 0 Å². The maximum absolute atomic E-state index is 11.1. The van der Waals surface area contributed by atoms with E-state index >= 15 is 0 Å². The van der Waals surface area contributed by atoms with Crippen LogP contribution in [0.1, 0.15) is 25.3 Å². The van der Waals surface area contributed by atoms with E-state index in [-0.39, 0.29) is 5.69 Å². The SMILES string of the molecule is CCCCc1cccc2[nH]c(=O)[nH]c12. The third kappa shape index (κ3) is 1.58. The Morgan fingerprint density at radius 2 is 2.14 bits per heavy atom. The third-order valence-electron chi connectivity index (χ3n) is 2.44. The summed E-state index contributed by atoms with van der Waals surface area (Å²) in [6.07, 6.45) is 3.36. The molecule has 0 fully saturated rings. The molecule has 14 heavy (non-hydrogen) atoms. The van der Waals surface area contributed by atoms with E-state index in [1.807, 2.05) is 12.1 Å². The first-order chi connectivity index (χ1) is 6.81. The van der Waals surface area contributed by atoms with Crippen molar-refractivity contribution in [1.82, 2.24) is 9.97 Å². The van der Waals surface area contributed by atoms with Gasteiger partial charge in [0.2, 0.25) is 0 Å². The van der Waals surface area contributed by atoms with Crippen LogP contribution in [-0.2, 0) is 6.42 Å². The van der Waals surface area contributed by atoms with Crippen LogP contribution >= 0.6 is 0 Å². The van der Waals surface area contributed by atoms with E-state index in [4.69, 9.17) is 0 Å². The molecule has 2 N–H and O–H groups in total. The van der Waals surface area contributed by atoms with Crippen molar-refractivity contribution in [2.45, 2.75) is 26.2 Å². The topological polar surface area (TPSA) is 48.6 Å². The first kappa shape index (κ1) is 9.06. The molecule has 3 nitrogen and oxygen atoms in total. The predicted molar refractivity (Wildman–Crippen MR) is 57.5 cm³/mol. The molecule has 1 heterocycles. The average molecular weight is 190 g/mol. The summed E-state index contributed by atoms with van der Waals surface area (Å²) in [4.78, 5) is 16.7. The summed E-state index contributed by atoms with van der Waals surface area (Å²) >= 11 is 0. The Bertz CT molecular complexity index is 481. The zero-order valence-corrected chi connectivity index (χ0v) is 8.26. The molecule has 0 aliphatic carbocycles. The lowest BCUT2D eigenvalue weighted by atomic mass is 10.1. The van der Waals surface area contributed by atoms with Crippen LogP contribution < -0.4 is 5.69 Å². The molecule has 2 rings (SSSR count). The normalized spacial score (nSPS) is 10.9. The molecule has 1 aromatic heterocycles. The van der Waals surface area contributed by atoms with Gasteiger partial charge in [-0.3, -0.25) is 0 Å². The van der Waals surface area contributed by atoms with Gasteiger partial charge in [-0.15, -0.1) is 0 Å². The molecule has 74 valence electrons. The number of para-hydroxylation sites is 1. The van der Waals surface area contributed by atoms with Crippen LogP contribution in [0.25, 0.3) is 11.0 Å². The van der Waals surface area contributed by atoms with Gasteiger partial charge in [0.1, 0.15) is 0 Å². The van der Waals surface area contributed by atoms with Crippen LogP contribution in [0.2, 0.25) is 0 Å². The van der Waals surface area contributed by atoms with E-state index in [1.54, 1.807) is 0 Å². The van der Waals surface area contributed by atoms with Crippen molar-refractivity contribution in [2.75, 3.05) is 0 Å². The van der Waals surface area contributed by atoms with Gasteiger partial charge in [0.05, 0.1) is 11.0 Å². The Hall–Kier alpha value is -1.51. The van der Waals surface area contributed by atoms with Gasteiger partial charge in [-0.25, -0.2) is 4.79 Å². The lowest BCUT2D eigenvalue weighted by Gasteiger charge is -2.00. The van der Waals surface area contributed by atoms with Gasteiger partial charge in [-0.05, 0) is 24.5 Å². The molecule has 0 bridgehead atoms. The smallest absolute Gasteiger partial charge is 0.306 e. The monoisotopic (exact) mass is 190 g/mol. The highest BCUT2D eigenvalue weighted by Gasteiger charge is 2.02. The lowest BCUT2D eigenvalue weighted by molar-refractivity contribution is 0.798. The number of aromatic nitrogens is 2. The number of aryl methyl sites for hydroxylation is 1. The quantitative estimate of drug-likeness (QED) is 0.765. The number of imidazole rings is 1. The van der Waals surface area contributed by atoms with Gasteiger partial charge >= 0.3 is 5.69 Å². The van der Waals surface area contributed by atoms with Gasteiger partial charge in [-0.1, -0.05) is 25.5 Å². The van der Waals surface area contributed by atoms with Crippen molar-refractivity contribution in [3.8, 4) is 0 Å². The van der Waals surface area contributed by atoms with E-state index in [0.29, 0.717) is 0 Å². The molecule has 0 saturated heterocycles.